The largest absolute Gasteiger partial charge is 0.458 e. The zero-order valence-electron chi connectivity index (χ0n) is 57.1. The lowest BCUT2D eigenvalue weighted by Crippen LogP contribution is -2.33. The SMILES string of the molecule is CC(C)(C)c1cc(Oc2ccc3c4ccccc4n(-c4cc(C(C)(C)C)ccn4)c3c2)cc(-n2[c-][n+](-c3cc(C(C)(C)C)cc(C(C)(C)C)c3)c(-c3c(-c4cc(C(C)(C)C)cc(C(C)(C)C)c4)cccc3-c3cc(C(C)(C)C)cc(C(C)(C)C)c3)n2)c1. The topological polar surface area (TPSA) is 48.8 Å². The van der Waals surface area contributed by atoms with Crippen molar-refractivity contribution in [2.45, 2.75) is 209 Å². The molecular weight excluding hydrogens is 1060 g/mol. The maximum atomic E-state index is 7.17. The molecule has 0 bridgehead atoms. The van der Waals surface area contributed by atoms with Crippen molar-refractivity contribution < 1.29 is 9.30 Å². The fraction of sp³-hybridized carbons (Fsp3) is 0.395. The highest BCUT2D eigenvalue weighted by molar-refractivity contribution is 6.09. The summed E-state index contributed by atoms with van der Waals surface area (Å²) in [5.41, 5.74) is 18.5. The molecule has 0 fully saturated rings. The van der Waals surface area contributed by atoms with Gasteiger partial charge in [-0.15, -0.1) is 0 Å². The summed E-state index contributed by atoms with van der Waals surface area (Å²) in [7, 11) is 0. The molecule has 6 nitrogen and oxygen atoms in total. The summed E-state index contributed by atoms with van der Waals surface area (Å²) >= 11 is 0. The molecule has 3 aromatic heterocycles. The number of aromatic nitrogens is 5. The molecule has 3 heterocycles. The van der Waals surface area contributed by atoms with E-state index in [2.05, 4.69) is 327 Å². The Morgan fingerprint density at radius 1 is 0.379 bits per heavy atom. The number of pyridine rings is 1. The van der Waals surface area contributed by atoms with E-state index in [1.54, 1.807) is 0 Å². The summed E-state index contributed by atoms with van der Waals surface area (Å²) in [6.45, 7) is 55.3. The molecule has 0 aliphatic carbocycles. The molecule has 0 atom stereocenters. The van der Waals surface area contributed by atoms with Crippen LogP contribution in [0.3, 0.4) is 0 Å². The van der Waals surface area contributed by atoms with Crippen molar-refractivity contribution in [1.82, 2.24) is 19.3 Å². The number of hydrogen-bond acceptors (Lipinski definition) is 3. The molecule has 0 radical (unpaired) electrons. The molecule has 87 heavy (non-hydrogen) atoms. The number of rotatable bonds is 8. The molecule has 0 spiro atoms. The molecule has 0 amide bonds. The van der Waals surface area contributed by atoms with Gasteiger partial charge in [0.15, 0.2) is 0 Å². The highest BCUT2D eigenvalue weighted by atomic mass is 16.5. The minimum Gasteiger partial charge on any atom is -0.458 e. The lowest BCUT2D eigenvalue weighted by Gasteiger charge is -2.28. The van der Waals surface area contributed by atoms with Gasteiger partial charge in [0.1, 0.15) is 17.3 Å². The molecule has 6 heteroatoms. The Labute approximate surface area is 522 Å². The van der Waals surface area contributed by atoms with Gasteiger partial charge < -0.3 is 9.30 Å². The van der Waals surface area contributed by atoms with Crippen LogP contribution >= 0.6 is 0 Å². The normalized spacial score (nSPS) is 13.3. The Morgan fingerprint density at radius 3 is 1.31 bits per heavy atom. The summed E-state index contributed by atoms with van der Waals surface area (Å²) in [6, 6.07) is 54.6. The molecule has 0 unspecified atom stereocenters. The summed E-state index contributed by atoms with van der Waals surface area (Å²) in [4.78, 5) is 4.98. The van der Waals surface area contributed by atoms with Crippen LogP contribution in [0.2, 0.25) is 0 Å². The number of benzene rings is 7. The first-order valence-corrected chi connectivity index (χ1v) is 31.5. The number of fused-ring (bicyclic) bond motifs is 3. The Bertz CT molecular complexity index is 4060. The van der Waals surface area contributed by atoms with E-state index < -0.39 is 0 Å². The summed E-state index contributed by atoms with van der Waals surface area (Å²) in [5.74, 6) is 3.09. The molecule has 0 saturated carbocycles. The molecule has 10 aromatic rings. The van der Waals surface area contributed by atoms with Crippen molar-refractivity contribution in [3.05, 3.63) is 203 Å². The molecule has 0 saturated heterocycles. The minimum absolute atomic E-state index is 0.0492. The fourth-order valence-corrected chi connectivity index (χ4v) is 11.5. The van der Waals surface area contributed by atoms with Crippen molar-refractivity contribution in [2.24, 2.45) is 0 Å². The smallest absolute Gasteiger partial charge is 0.233 e. The van der Waals surface area contributed by atoms with Crippen LogP contribution in [0.15, 0.2) is 152 Å². The highest BCUT2D eigenvalue weighted by Crippen LogP contribution is 2.45. The first kappa shape index (κ1) is 62.5. The van der Waals surface area contributed by atoms with E-state index in [1.807, 2.05) is 10.9 Å². The Kier molecular flexibility index (Phi) is 15.5. The maximum Gasteiger partial charge on any atom is 0.233 e. The average Bonchev–Trinajstić information content (AvgIpc) is 1.72. The van der Waals surface area contributed by atoms with E-state index in [0.717, 1.165) is 84.0 Å². The lowest BCUT2D eigenvalue weighted by atomic mass is 9.77. The average molecular weight is 1160 g/mol. The van der Waals surface area contributed by atoms with Gasteiger partial charge in [0.2, 0.25) is 12.2 Å². The quantitative estimate of drug-likeness (QED) is 0.113. The Morgan fingerprint density at radius 2 is 0.828 bits per heavy atom. The number of ether oxygens (including phenoxy) is 1. The van der Waals surface area contributed by atoms with Crippen molar-refractivity contribution in [3.63, 3.8) is 0 Å². The molecule has 0 aliphatic heterocycles. The zero-order valence-corrected chi connectivity index (χ0v) is 57.1. The predicted molar refractivity (Wildman–Crippen MR) is 368 cm³/mol. The van der Waals surface area contributed by atoms with E-state index in [-0.39, 0.29) is 43.3 Å². The van der Waals surface area contributed by atoms with Gasteiger partial charge in [-0.25, -0.2) is 4.98 Å². The van der Waals surface area contributed by atoms with Gasteiger partial charge in [0.05, 0.1) is 16.7 Å². The third-order valence-electron chi connectivity index (χ3n) is 17.5. The fourth-order valence-electron chi connectivity index (χ4n) is 11.5. The van der Waals surface area contributed by atoms with E-state index in [9.17, 15) is 0 Å². The van der Waals surface area contributed by atoms with E-state index >= 15 is 0 Å². The van der Waals surface area contributed by atoms with Gasteiger partial charge >= 0.3 is 0 Å². The van der Waals surface area contributed by atoms with E-state index in [0.29, 0.717) is 5.75 Å². The molecule has 0 aliphatic rings. The van der Waals surface area contributed by atoms with Gasteiger partial charge in [0, 0.05) is 34.3 Å². The maximum absolute atomic E-state index is 7.17. The zero-order chi connectivity index (χ0) is 63.5. The van der Waals surface area contributed by atoms with E-state index in [1.165, 1.54) is 38.9 Å². The van der Waals surface area contributed by atoms with Crippen molar-refractivity contribution in [1.29, 1.82) is 0 Å². The van der Waals surface area contributed by atoms with Crippen LogP contribution in [0.1, 0.15) is 211 Å². The second kappa shape index (κ2) is 21.6. The van der Waals surface area contributed by atoms with Crippen molar-refractivity contribution >= 4 is 21.8 Å². The third kappa shape index (κ3) is 12.9. The first-order valence-electron chi connectivity index (χ1n) is 31.5. The number of para-hydroxylation sites is 1. The summed E-state index contributed by atoms with van der Waals surface area (Å²) in [6.07, 6.45) is 5.91. The second-order valence-electron chi connectivity index (χ2n) is 33.0. The van der Waals surface area contributed by atoms with Crippen LogP contribution < -0.4 is 9.30 Å². The third-order valence-corrected chi connectivity index (χ3v) is 17.5. The van der Waals surface area contributed by atoms with Crippen LogP contribution in [0.25, 0.3) is 72.6 Å². The Balaban J connectivity index is 1.28. The summed E-state index contributed by atoms with van der Waals surface area (Å²) in [5, 5.41) is 8.23. The second-order valence-corrected chi connectivity index (χ2v) is 33.0. The molecular formula is C81H97N5O. The monoisotopic (exact) mass is 1160 g/mol. The molecule has 0 N–H and O–H groups in total. The lowest BCUT2D eigenvalue weighted by molar-refractivity contribution is -0.589. The van der Waals surface area contributed by atoms with Gasteiger partial charge in [-0.1, -0.05) is 263 Å². The Hall–Kier alpha value is -7.57. The van der Waals surface area contributed by atoms with Gasteiger partial charge in [-0.3, -0.25) is 4.57 Å². The van der Waals surface area contributed by atoms with E-state index in [4.69, 9.17) is 14.8 Å². The van der Waals surface area contributed by atoms with Gasteiger partial charge in [0.25, 0.3) is 0 Å². The summed E-state index contributed by atoms with van der Waals surface area (Å²) < 4.78 is 13.7. The standard InChI is InChI=1S/C81H97N5O/c1-74(2,3)53-34-35-82-71(47-53)86-69-31-26-25-28-67(69)68-33-32-63(49-70(68)86)87-64-46-60(81(22,23)24)45-62(48-64)85-50-84(61-43-58(79(16,17)18)42-59(44-61)80(19,20)21)73(83-85)72-65(51-36-54(75(4,5)6)40-55(37-51)76(7,8)9)29-27-30-66(72)52-38-56(77(10,11)12)41-57(39-52)78(13,14)15/h25-49H,1-24H3. The van der Waals surface area contributed by atoms with Crippen LogP contribution in [-0.4, -0.2) is 19.3 Å². The van der Waals surface area contributed by atoms with Crippen LogP contribution in [0.4, 0.5) is 0 Å². The molecule has 452 valence electrons. The van der Waals surface area contributed by atoms with Crippen molar-refractivity contribution in [3.8, 4) is 62.3 Å². The predicted octanol–water partition coefficient (Wildman–Crippen LogP) is 21.6. The van der Waals surface area contributed by atoms with Crippen molar-refractivity contribution in [2.75, 3.05) is 0 Å². The molecule has 10 rings (SSSR count). The van der Waals surface area contributed by atoms with Crippen LogP contribution in [0, 0.1) is 6.33 Å². The molecule has 7 aromatic carbocycles. The number of hydrogen-bond donors (Lipinski definition) is 0. The van der Waals surface area contributed by atoms with Gasteiger partial charge in [-0.05, 0) is 158 Å². The highest BCUT2D eigenvalue weighted by Gasteiger charge is 2.31. The van der Waals surface area contributed by atoms with Crippen LogP contribution in [0.5, 0.6) is 11.5 Å². The minimum atomic E-state index is -0.256. The van der Waals surface area contributed by atoms with Crippen LogP contribution in [-0.2, 0) is 43.3 Å². The number of nitrogens with zero attached hydrogens (tertiary/aromatic N) is 5. The van der Waals surface area contributed by atoms with Gasteiger partial charge in [-0.2, -0.15) is 4.68 Å². The first-order chi connectivity index (χ1) is 40.1.